The van der Waals surface area contributed by atoms with Gasteiger partial charge in [-0.05, 0) is 69.4 Å². The van der Waals surface area contributed by atoms with E-state index in [4.69, 9.17) is 0 Å². The highest BCUT2D eigenvalue weighted by molar-refractivity contribution is 5.93. The van der Waals surface area contributed by atoms with Crippen molar-refractivity contribution in [3.8, 4) is 0 Å². The Hall–Kier alpha value is -1.10. The van der Waals surface area contributed by atoms with Crippen LogP contribution in [0.2, 0.25) is 0 Å². The number of aryl methyl sites for hydroxylation is 2. The number of hydrogen-bond donors (Lipinski definition) is 2. The molecule has 0 aromatic heterocycles. The van der Waals surface area contributed by atoms with E-state index in [1.165, 1.54) is 18.4 Å². The van der Waals surface area contributed by atoms with Crippen molar-refractivity contribution < 1.29 is 4.79 Å². The van der Waals surface area contributed by atoms with Crippen LogP contribution < -0.4 is 10.6 Å². The maximum absolute atomic E-state index is 12.4. The van der Waals surface area contributed by atoms with Gasteiger partial charge in [-0.1, -0.05) is 32.0 Å². The highest BCUT2D eigenvalue weighted by atomic mass is 35.5. The van der Waals surface area contributed by atoms with Gasteiger partial charge in [-0.15, -0.1) is 12.4 Å². The maximum atomic E-state index is 12.4. The minimum atomic E-state index is 0. The summed E-state index contributed by atoms with van der Waals surface area (Å²) in [6, 6.07) is 6.20. The summed E-state index contributed by atoms with van der Waals surface area (Å²) in [7, 11) is 0. The first-order chi connectivity index (χ1) is 11.1. The molecule has 1 saturated heterocycles. The van der Waals surface area contributed by atoms with Gasteiger partial charge in [0.1, 0.15) is 0 Å². The number of piperidine rings is 1. The first-order valence-electron chi connectivity index (χ1n) is 8.95. The summed E-state index contributed by atoms with van der Waals surface area (Å²) in [6.07, 6.45) is 3.31. The van der Waals surface area contributed by atoms with Crippen LogP contribution in [0.5, 0.6) is 0 Å². The summed E-state index contributed by atoms with van der Waals surface area (Å²) in [5, 5.41) is 6.56. The molecule has 24 heavy (non-hydrogen) atoms. The molecule has 1 heterocycles. The van der Waals surface area contributed by atoms with Crippen LogP contribution in [0.1, 0.15) is 37.8 Å². The summed E-state index contributed by atoms with van der Waals surface area (Å²) in [5.74, 6) is 0.872. The highest BCUT2D eigenvalue weighted by Crippen LogP contribution is 2.21. The second-order valence-electron chi connectivity index (χ2n) is 6.54. The second kappa shape index (κ2) is 10.7. The normalized spacial score (nSPS) is 15.8. The van der Waals surface area contributed by atoms with Crippen molar-refractivity contribution in [3.63, 3.8) is 0 Å². The zero-order valence-corrected chi connectivity index (χ0v) is 16.0. The van der Waals surface area contributed by atoms with E-state index in [0.717, 1.165) is 49.8 Å². The molecule has 1 amide bonds. The number of carbonyl (C=O) groups is 1. The van der Waals surface area contributed by atoms with Crippen LogP contribution in [-0.2, 0) is 11.2 Å². The molecule has 0 radical (unpaired) electrons. The zero-order chi connectivity index (χ0) is 16.7. The minimum absolute atomic E-state index is 0. The summed E-state index contributed by atoms with van der Waals surface area (Å²) >= 11 is 0. The fourth-order valence-corrected chi connectivity index (χ4v) is 3.28. The van der Waals surface area contributed by atoms with E-state index in [-0.39, 0.29) is 18.3 Å². The van der Waals surface area contributed by atoms with Gasteiger partial charge < -0.3 is 10.6 Å². The molecular formula is C19H32ClN3O. The quantitative estimate of drug-likeness (QED) is 0.791. The van der Waals surface area contributed by atoms with Gasteiger partial charge in [0.15, 0.2) is 0 Å². The molecule has 1 aliphatic heterocycles. The molecule has 1 aromatic rings. The zero-order valence-electron chi connectivity index (χ0n) is 15.2. The van der Waals surface area contributed by atoms with Crippen molar-refractivity contribution in [2.24, 2.45) is 5.92 Å². The molecule has 0 aliphatic carbocycles. The lowest BCUT2D eigenvalue weighted by molar-refractivity contribution is -0.117. The van der Waals surface area contributed by atoms with Crippen LogP contribution in [-0.4, -0.2) is 43.5 Å². The SMILES string of the molecule is CCNCC1CCN(CC(=O)Nc2c(C)cccc2CC)CC1.Cl. The monoisotopic (exact) mass is 353 g/mol. The van der Waals surface area contributed by atoms with E-state index < -0.39 is 0 Å². The number of amides is 1. The van der Waals surface area contributed by atoms with Gasteiger partial charge in [0.2, 0.25) is 5.91 Å². The third kappa shape index (κ3) is 6.08. The first kappa shape index (κ1) is 20.9. The number of nitrogens with zero attached hydrogens (tertiary/aromatic N) is 1. The van der Waals surface area contributed by atoms with Gasteiger partial charge in [-0.3, -0.25) is 9.69 Å². The van der Waals surface area contributed by atoms with Crippen LogP contribution in [0, 0.1) is 12.8 Å². The molecule has 0 bridgehead atoms. The van der Waals surface area contributed by atoms with Gasteiger partial charge >= 0.3 is 0 Å². The van der Waals surface area contributed by atoms with Crippen molar-refractivity contribution in [3.05, 3.63) is 29.3 Å². The molecule has 2 N–H and O–H groups in total. The molecule has 2 rings (SSSR count). The average molecular weight is 354 g/mol. The third-order valence-electron chi connectivity index (χ3n) is 4.76. The van der Waals surface area contributed by atoms with Gasteiger partial charge in [0.25, 0.3) is 0 Å². The fourth-order valence-electron chi connectivity index (χ4n) is 3.28. The lowest BCUT2D eigenvalue weighted by Crippen LogP contribution is -2.41. The molecule has 5 heteroatoms. The highest BCUT2D eigenvalue weighted by Gasteiger charge is 2.20. The predicted octanol–water partition coefficient (Wildman–Crippen LogP) is 3.24. The van der Waals surface area contributed by atoms with E-state index >= 15 is 0 Å². The third-order valence-corrected chi connectivity index (χ3v) is 4.76. The Morgan fingerprint density at radius 2 is 1.96 bits per heavy atom. The van der Waals surface area contributed by atoms with Gasteiger partial charge in [-0.2, -0.15) is 0 Å². The Bertz CT molecular complexity index is 513. The minimum Gasteiger partial charge on any atom is -0.324 e. The number of hydrogen-bond acceptors (Lipinski definition) is 3. The number of nitrogens with one attached hydrogen (secondary N) is 2. The Kier molecular flexibility index (Phi) is 9.34. The van der Waals surface area contributed by atoms with E-state index in [0.29, 0.717) is 6.54 Å². The molecule has 1 fully saturated rings. The van der Waals surface area contributed by atoms with Crippen molar-refractivity contribution >= 4 is 24.0 Å². The number of halogens is 1. The molecule has 0 unspecified atom stereocenters. The van der Waals surface area contributed by atoms with Crippen LogP contribution in [0.3, 0.4) is 0 Å². The number of likely N-dealkylation sites (tertiary alicyclic amines) is 1. The van der Waals surface area contributed by atoms with Crippen molar-refractivity contribution in [2.75, 3.05) is 38.0 Å². The van der Waals surface area contributed by atoms with E-state index in [9.17, 15) is 4.79 Å². The largest absolute Gasteiger partial charge is 0.324 e. The lowest BCUT2D eigenvalue weighted by atomic mass is 9.97. The van der Waals surface area contributed by atoms with Crippen LogP contribution in [0.25, 0.3) is 0 Å². The summed E-state index contributed by atoms with van der Waals surface area (Å²) in [4.78, 5) is 14.7. The molecule has 136 valence electrons. The molecule has 1 aliphatic rings. The van der Waals surface area contributed by atoms with Crippen molar-refractivity contribution in [1.29, 1.82) is 0 Å². The smallest absolute Gasteiger partial charge is 0.238 e. The maximum Gasteiger partial charge on any atom is 0.238 e. The molecule has 1 aromatic carbocycles. The van der Waals surface area contributed by atoms with Gasteiger partial charge in [0.05, 0.1) is 6.54 Å². The van der Waals surface area contributed by atoms with Gasteiger partial charge in [-0.25, -0.2) is 0 Å². The van der Waals surface area contributed by atoms with Crippen molar-refractivity contribution in [1.82, 2.24) is 10.2 Å². The Balaban J connectivity index is 0.00000288. The number of benzene rings is 1. The topological polar surface area (TPSA) is 44.4 Å². The number of carbonyl (C=O) groups excluding carboxylic acids is 1. The predicted molar refractivity (Wildman–Crippen MR) is 104 cm³/mol. The number of rotatable bonds is 7. The lowest BCUT2D eigenvalue weighted by Gasteiger charge is -2.31. The average Bonchev–Trinajstić information content (AvgIpc) is 2.56. The molecular weight excluding hydrogens is 322 g/mol. The van der Waals surface area contributed by atoms with Crippen LogP contribution in [0.15, 0.2) is 18.2 Å². The fraction of sp³-hybridized carbons (Fsp3) is 0.632. The van der Waals surface area contributed by atoms with Crippen LogP contribution >= 0.6 is 12.4 Å². The Morgan fingerprint density at radius 1 is 1.25 bits per heavy atom. The summed E-state index contributed by atoms with van der Waals surface area (Å²) < 4.78 is 0. The summed E-state index contributed by atoms with van der Waals surface area (Å²) in [6.45, 7) is 11.0. The summed E-state index contributed by atoms with van der Waals surface area (Å²) in [5.41, 5.74) is 3.35. The molecule has 4 nitrogen and oxygen atoms in total. The van der Waals surface area contributed by atoms with E-state index in [1.807, 2.05) is 0 Å². The second-order valence-corrected chi connectivity index (χ2v) is 6.54. The standard InChI is InChI=1S/C19H31N3O.ClH/c1-4-17-8-6-7-15(3)19(17)21-18(23)14-22-11-9-16(10-12-22)13-20-5-2;/h6-8,16,20H,4-5,9-14H2,1-3H3,(H,21,23);1H. The first-order valence-corrected chi connectivity index (χ1v) is 8.95. The van der Waals surface area contributed by atoms with Crippen LogP contribution in [0.4, 0.5) is 5.69 Å². The molecule has 0 atom stereocenters. The molecule has 0 saturated carbocycles. The van der Waals surface area contributed by atoms with E-state index in [1.54, 1.807) is 0 Å². The van der Waals surface area contributed by atoms with Gasteiger partial charge in [0, 0.05) is 5.69 Å². The Labute approximate surface area is 152 Å². The van der Waals surface area contributed by atoms with Crippen molar-refractivity contribution in [2.45, 2.75) is 40.0 Å². The van der Waals surface area contributed by atoms with E-state index in [2.05, 4.69) is 54.5 Å². The Morgan fingerprint density at radius 3 is 2.58 bits per heavy atom. The number of anilines is 1. The number of para-hydroxylation sites is 1. The molecule has 0 spiro atoms.